The summed E-state index contributed by atoms with van der Waals surface area (Å²) < 4.78 is 0. The van der Waals surface area contributed by atoms with Crippen LogP contribution in [-0.4, -0.2) is 55.9 Å². The average Bonchev–Trinajstić information content (AvgIpc) is 3.42. The van der Waals surface area contributed by atoms with Crippen molar-refractivity contribution in [2.75, 3.05) is 14.1 Å². The van der Waals surface area contributed by atoms with E-state index in [0.717, 1.165) is 56.6 Å². The van der Waals surface area contributed by atoms with Crippen LogP contribution in [-0.2, 0) is 35.3 Å². The summed E-state index contributed by atoms with van der Waals surface area (Å²) in [6.07, 6.45) is 7.49. The number of amides is 1. The zero-order valence-corrected chi connectivity index (χ0v) is 22.8. The van der Waals surface area contributed by atoms with Gasteiger partial charge in [0.25, 0.3) is 0 Å². The number of carbonyl (C=O) groups is 2. The summed E-state index contributed by atoms with van der Waals surface area (Å²) in [5.74, 6) is -0.699. The van der Waals surface area contributed by atoms with Crippen molar-refractivity contribution in [3.63, 3.8) is 0 Å². The van der Waals surface area contributed by atoms with Gasteiger partial charge in [-0.1, -0.05) is 23.2 Å². The first-order valence-corrected chi connectivity index (χ1v) is 13.9. The molecule has 2 aliphatic carbocycles. The summed E-state index contributed by atoms with van der Waals surface area (Å²) in [7, 11) is 3.62. The fraction of sp³-hybridized carbons (Fsp3) is 0.417. The number of hydrogen-bond acceptors (Lipinski definition) is 8. The molecular formula is C24H23Cl2N5O3S2. The predicted octanol–water partition coefficient (Wildman–Crippen LogP) is 5.07. The van der Waals surface area contributed by atoms with Crippen molar-refractivity contribution in [3.05, 3.63) is 43.8 Å². The molecule has 0 bridgehead atoms. The van der Waals surface area contributed by atoms with Gasteiger partial charge in [0.05, 0.1) is 16.7 Å². The van der Waals surface area contributed by atoms with Crippen LogP contribution in [0.4, 0.5) is 0 Å². The van der Waals surface area contributed by atoms with E-state index in [9.17, 15) is 9.59 Å². The zero-order valence-electron chi connectivity index (χ0n) is 19.6. The summed E-state index contributed by atoms with van der Waals surface area (Å²) in [6, 6.07) is 0. The number of carboxylic acid groups (broad SMARTS) is 1. The van der Waals surface area contributed by atoms with Crippen LogP contribution >= 0.6 is 45.9 Å². The molecule has 4 heterocycles. The van der Waals surface area contributed by atoms with Crippen LogP contribution in [0.3, 0.4) is 0 Å². The lowest BCUT2D eigenvalue weighted by molar-refractivity contribution is -0.142. The minimum Gasteiger partial charge on any atom is -0.481 e. The highest BCUT2D eigenvalue weighted by Crippen LogP contribution is 2.40. The highest BCUT2D eigenvalue weighted by atomic mass is 35.5. The van der Waals surface area contributed by atoms with Crippen molar-refractivity contribution in [1.29, 1.82) is 0 Å². The minimum atomic E-state index is -0.717. The Bertz CT molecular complexity index is 1490. The maximum absolute atomic E-state index is 12.1. The number of hydrogen-bond donors (Lipinski definition) is 1. The van der Waals surface area contributed by atoms with Gasteiger partial charge < -0.3 is 10.0 Å². The topological polar surface area (TPSA) is 109 Å². The molecule has 2 aliphatic rings. The maximum Gasteiger partial charge on any atom is 0.306 e. The van der Waals surface area contributed by atoms with Crippen molar-refractivity contribution in [2.45, 2.75) is 38.5 Å². The Labute approximate surface area is 225 Å². The molecule has 0 aliphatic heterocycles. The number of carboxylic acids is 1. The third kappa shape index (κ3) is 4.67. The van der Waals surface area contributed by atoms with Gasteiger partial charge >= 0.3 is 5.97 Å². The Morgan fingerprint density at radius 1 is 0.861 bits per heavy atom. The van der Waals surface area contributed by atoms with E-state index < -0.39 is 5.97 Å². The van der Waals surface area contributed by atoms with E-state index in [1.807, 2.05) is 14.1 Å². The quantitative estimate of drug-likeness (QED) is 0.339. The van der Waals surface area contributed by atoms with Gasteiger partial charge in [-0.3, -0.25) is 9.59 Å². The van der Waals surface area contributed by atoms with E-state index in [0.29, 0.717) is 23.1 Å². The third-order valence-corrected chi connectivity index (χ3v) is 9.64. The fourth-order valence-electron chi connectivity index (χ4n) is 4.93. The summed E-state index contributed by atoms with van der Waals surface area (Å²) in [5.41, 5.74) is 2.39. The van der Waals surface area contributed by atoms with Crippen molar-refractivity contribution in [2.24, 2.45) is 11.8 Å². The summed E-state index contributed by atoms with van der Waals surface area (Å²) in [5, 5.41) is 11.9. The molecule has 0 saturated carbocycles. The van der Waals surface area contributed by atoms with Gasteiger partial charge in [0.1, 0.15) is 32.6 Å². The molecule has 0 radical (unpaired) electrons. The number of aliphatic carboxylic acids is 1. The molecule has 0 spiro atoms. The molecule has 6 rings (SSSR count). The predicted molar refractivity (Wildman–Crippen MR) is 142 cm³/mol. The molecule has 36 heavy (non-hydrogen) atoms. The number of aromatic nitrogens is 4. The third-order valence-electron chi connectivity index (χ3n) is 6.74. The van der Waals surface area contributed by atoms with Gasteiger partial charge in [0.15, 0.2) is 0 Å². The van der Waals surface area contributed by atoms with E-state index in [2.05, 4.69) is 19.9 Å². The van der Waals surface area contributed by atoms with Gasteiger partial charge in [0.2, 0.25) is 5.91 Å². The first-order valence-electron chi connectivity index (χ1n) is 11.5. The second-order valence-electron chi connectivity index (χ2n) is 9.15. The molecule has 0 saturated heterocycles. The number of nitrogens with zero attached hydrogens (tertiary/aromatic N) is 5. The largest absolute Gasteiger partial charge is 0.481 e. The van der Waals surface area contributed by atoms with Crippen LogP contribution in [0.5, 0.6) is 0 Å². The van der Waals surface area contributed by atoms with Crippen LogP contribution in [0, 0.1) is 11.8 Å². The number of aryl methyl sites for hydroxylation is 2. The van der Waals surface area contributed by atoms with E-state index in [-0.39, 0.29) is 17.7 Å². The first-order chi connectivity index (χ1) is 17.2. The standard InChI is InChI=1S/C13H14ClN3OS.C11H9ClN2O2S/c1-17(2)13(18)7-3-4-8-9(5-7)19-12-10(8)11(14)15-6-16-12;12-9-8-6-2-1-5(11(15)16)3-7(6)17-10(8)14-4-13-9/h6-7H,3-5H2,1-2H3;4-5H,1-3H2,(H,15,16)/t7-;5-/m11/s1. The lowest BCUT2D eigenvalue weighted by atomic mass is 9.87. The fourth-order valence-corrected chi connectivity index (χ4v) is 8.07. The van der Waals surface area contributed by atoms with Crippen LogP contribution in [0.25, 0.3) is 20.4 Å². The number of thiophene rings is 2. The van der Waals surface area contributed by atoms with E-state index in [1.165, 1.54) is 34.4 Å². The first kappa shape index (κ1) is 25.3. The second-order valence-corrected chi connectivity index (χ2v) is 12.0. The summed E-state index contributed by atoms with van der Waals surface area (Å²) >= 11 is 15.4. The maximum atomic E-state index is 12.1. The Balaban J connectivity index is 0.000000149. The highest BCUT2D eigenvalue weighted by Gasteiger charge is 2.30. The Kier molecular flexibility index (Phi) is 7.13. The zero-order chi connectivity index (χ0) is 25.6. The lowest BCUT2D eigenvalue weighted by Crippen LogP contribution is -2.32. The molecule has 1 amide bonds. The molecule has 12 heteroatoms. The van der Waals surface area contributed by atoms with E-state index >= 15 is 0 Å². The Hall–Kier alpha value is -2.40. The molecule has 1 N–H and O–H groups in total. The monoisotopic (exact) mass is 563 g/mol. The van der Waals surface area contributed by atoms with Gasteiger partial charge in [-0.2, -0.15) is 0 Å². The molecule has 188 valence electrons. The van der Waals surface area contributed by atoms with Gasteiger partial charge in [-0.15, -0.1) is 22.7 Å². The van der Waals surface area contributed by atoms with Crippen LogP contribution in [0.1, 0.15) is 33.7 Å². The molecule has 4 aromatic rings. The SMILES string of the molecule is CN(C)C(=O)[C@@H]1CCc2c(sc3ncnc(Cl)c23)C1.O=C(O)[C@@H]1CCc2c(sc3ncnc(Cl)c23)C1. The molecule has 0 unspecified atom stereocenters. The smallest absolute Gasteiger partial charge is 0.306 e. The Morgan fingerprint density at radius 2 is 1.33 bits per heavy atom. The Morgan fingerprint density at radius 3 is 1.81 bits per heavy atom. The van der Waals surface area contributed by atoms with E-state index in [1.54, 1.807) is 16.2 Å². The number of rotatable bonds is 2. The summed E-state index contributed by atoms with van der Waals surface area (Å²) in [6.45, 7) is 0. The van der Waals surface area contributed by atoms with Crippen molar-refractivity contribution in [1.82, 2.24) is 24.8 Å². The number of carbonyl (C=O) groups excluding carboxylic acids is 1. The van der Waals surface area contributed by atoms with Crippen molar-refractivity contribution < 1.29 is 14.7 Å². The molecule has 0 fully saturated rings. The number of halogens is 2. The van der Waals surface area contributed by atoms with Crippen LogP contribution < -0.4 is 0 Å². The second kappa shape index (κ2) is 10.2. The van der Waals surface area contributed by atoms with Crippen molar-refractivity contribution >= 4 is 78.2 Å². The molecule has 2 atom stereocenters. The summed E-state index contributed by atoms with van der Waals surface area (Å²) in [4.78, 5) is 45.4. The molecule has 4 aromatic heterocycles. The van der Waals surface area contributed by atoms with Gasteiger partial charge in [0, 0.05) is 29.8 Å². The normalized spacial score (nSPS) is 18.8. The van der Waals surface area contributed by atoms with Crippen LogP contribution in [0.2, 0.25) is 10.3 Å². The molecule has 8 nitrogen and oxygen atoms in total. The molecular weight excluding hydrogens is 541 g/mol. The van der Waals surface area contributed by atoms with Gasteiger partial charge in [-0.25, -0.2) is 19.9 Å². The average molecular weight is 565 g/mol. The highest BCUT2D eigenvalue weighted by molar-refractivity contribution is 7.19. The molecule has 0 aromatic carbocycles. The minimum absolute atomic E-state index is 0.0855. The van der Waals surface area contributed by atoms with Crippen LogP contribution in [0.15, 0.2) is 12.7 Å². The van der Waals surface area contributed by atoms with Crippen molar-refractivity contribution in [3.8, 4) is 0 Å². The van der Waals surface area contributed by atoms with E-state index in [4.69, 9.17) is 28.3 Å². The van der Waals surface area contributed by atoms with Gasteiger partial charge in [-0.05, 0) is 49.7 Å². The lowest BCUT2D eigenvalue weighted by Gasteiger charge is -2.24. The number of fused-ring (bicyclic) bond motifs is 6.